The Bertz CT molecular complexity index is 4660. The quantitative estimate of drug-likeness (QED) is 0.0179. The van der Waals surface area contributed by atoms with Crippen LogP contribution in [0.15, 0.2) is 97.6 Å². The lowest BCUT2D eigenvalue weighted by Crippen LogP contribution is -2.62. The van der Waals surface area contributed by atoms with Gasteiger partial charge in [0.2, 0.25) is 82.7 Å². The molecule has 1 saturated heterocycles. The number of nitrogens with zero attached hydrogens (tertiary/aromatic N) is 1. The minimum Gasteiger partial charge on any atom is -0.508 e. The van der Waals surface area contributed by atoms with Gasteiger partial charge in [-0.05, 0) is 97.2 Å². The Hall–Kier alpha value is -12.7. The summed E-state index contributed by atoms with van der Waals surface area (Å²) in [5, 5.41) is 86.8. The summed E-state index contributed by atoms with van der Waals surface area (Å²) in [6, 6.07) is -2.14. The van der Waals surface area contributed by atoms with Crippen LogP contribution >= 0.6 is 21.6 Å². The molecule has 3 aromatic carbocycles. The van der Waals surface area contributed by atoms with E-state index in [9.17, 15) is 87.9 Å². The van der Waals surface area contributed by atoms with Crippen molar-refractivity contribution < 1.29 is 112 Å². The first-order chi connectivity index (χ1) is 60.7. The molecule has 128 heavy (non-hydrogen) atoms. The van der Waals surface area contributed by atoms with Crippen LogP contribution in [0.3, 0.4) is 0 Å². The van der Waals surface area contributed by atoms with Gasteiger partial charge in [0.05, 0.1) is 24.9 Å². The average molecular weight is 1820 g/mol. The summed E-state index contributed by atoms with van der Waals surface area (Å²) >= 11 is 0. The minimum absolute atomic E-state index is 0.119. The van der Waals surface area contributed by atoms with Gasteiger partial charge in [-0.25, -0.2) is 9.78 Å². The monoisotopic (exact) mass is 1820 g/mol. The average Bonchev–Trinajstić information content (AvgIpc) is 1.63. The molecule has 16 atom stereocenters. The number of carboxylic acid groups (broad SMARTS) is 4. The van der Waals surface area contributed by atoms with Crippen LogP contribution in [0.25, 0.3) is 10.9 Å². The number of unbranched alkanes of at least 4 members (excludes halogenated alkanes) is 1. The number of amides is 14. The molecule has 6 rings (SSSR count). The van der Waals surface area contributed by atoms with E-state index in [0.717, 1.165) is 39.4 Å². The predicted octanol–water partition coefficient (Wildman–Crippen LogP) is -0.109. The lowest BCUT2D eigenvalue weighted by molar-refractivity contribution is -0.143. The van der Waals surface area contributed by atoms with Gasteiger partial charge in [-0.2, -0.15) is 0 Å². The van der Waals surface area contributed by atoms with E-state index in [1.807, 2.05) is 0 Å². The molecule has 14 amide bonds. The number of phenols is 1. The fraction of sp³-hybridized carbons (Fsp3) is 0.518. The highest BCUT2D eigenvalue weighted by molar-refractivity contribution is 8.76. The Labute approximate surface area is 746 Å². The number of aromatic nitrogens is 3. The molecular weight excluding hydrogens is 1710 g/mol. The standard InChI is InChI=1S/C85H118N18O23S2/c1-10-45(7)70(83(123)98-63(85(125)126)34-50-38-88-54-22-16-15-21-53(50)54)103-84(124)71(46(8)11-2)102-79(119)62(37-68(110)111)96-74(114)57(31-43(3)4)93-77(117)60(35-51-39-87-42-89-51)95-80(120)64-40-127-128-41-65(99-73(113)56(28-29-66(106)107)92-72(112)55(23-17-18-30-86)91-78(118)61(36-67(108)109)90-47(9)104)81(121)101-69(44(5)6)82(122)97-59(33-49-24-26-52(105)27-25-49)75(115)94-58(76(116)100-64)32-48-19-13-12-14-20-48/h12-16,19-22,24-27,38-39,42-46,55-65,69-71,88,105H,10-11,17-18,23,28-37,40-41,86H2,1-9H3,(H,87,89)(H,90,104)(H,91,118)(H,92,112)(H,93,117)(H,94,115)(H,95,120)(H,96,114)(H,97,122)(H,98,123)(H,99,113)(H,100,116)(H,101,121)(H,102,119)(H,103,124)(H,106,107)(H,108,109)(H,110,111)(H,125,126)/t45-,46-,55+,56-,57-,58-,59-,60-,61-,62-,63-,64-,65-,69-,70-,71-/m0/s1. The normalized spacial score (nSPS) is 18.4. The van der Waals surface area contributed by atoms with E-state index in [2.05, 4.69) is 89.4 Å². The van der Waals surface area contributed by atoms with Gasteiger partial charge in [-0.1, -0.05) is 150 Å². The van der Waals surface area contributed by atoms with Crippen LogP contribution in [0.2, 0.25) is 0 Å². The van der Waals surface area contributed by atoms with Gasteiger partial charge in [0.25, 0.3) is 0 Å². The lowest BCUT2D eigenvalue weighted by Gasteiger charge is -2.31. The molecule has 1 fully saturated rings. The van der Waals surface area contributed by atoms with Crippen molar-refractivity contribution in [2.75, 3.05) is 18.1 Å². The largest absolute Gasteiger partial charge is 0.508 e. The number of imidazole rings is 1. The third kappa shape index (κ3) is 33.9. The molecular formula is C85H118N18O23S2. The number of fused-ring (bicyclic) bond motifs is 1. The summed E-state index contributed by atoms with van der Waals surface area (Å²) in [7, 11) is 1.59. The summed E-state index contributed by atoms with van der Waals surface area (Å²) < 4.78 is 0. The maximum Gasteiger partial charge on any atom is 0.326 e. The van der Waals surface area contributed by atoms with Crippen LogP contribution in [0.4, 0.5) is 0 Å². The number of carbonyl (C=O) groups excluding carboxylic acids is 14. The number of nitrogens with one attached hydrogen (secondary N) is 16. The van der Waals surface area contributed by atoms with Crippen LogP contribution in [-0.2, 0) is 112 Å². The number of carbonyl (C=O) groups is 18. The van der Waals surface area contributed by atoms with Crippen molar-refractivity contribution in [3.05, 3.63) is 120 Å². The highest BCUT2D eigenvalue weighted by Crippen LogP contribution is 2.26. The highest BCUT2D eigenvalue weighted by atomic mass is 33.1. The summed E-state index contributed by atoms with van der Waals surface area (Å²) in [6.07, 6.45) is 0.206. The third-order valence-electron chi connectivity index (χ3n) is 21.2. The Kier molecular flexibility index (Phi) is 42.2. The van der Waals surface area contributed by atoms with Crippen LogP contribution < -0.4 is 80.2 Å². The second kappa shape index (κ2) is 51.8. The Morgan fingerprint density at radius 1 is 0.508 bits per heavy atom. The number of benzene rings is 3. The molecule has 1 aliphatic heterocycles. The summed E-state index contributed by atoms with van der Waals surface area (Å²) in [5.74, 6) is -24.2. The molecule has 43 heteroatoms. The fourth-order valence-corrected chi connectivity index (χ4v) is 16.0. The van der Waals surface area contributed by atoms with Gasteiger partial charge in [0.1, 0.15) is 90.3 Å². The molecule has 1 aliphatic rings. The SMILES string of the molecule is CC[C@H](C)[C@H](NC(=O)[C@H](CC(=O)O)NC(=O)[C@H](CC(C)C)NC(=O)[C@H](Cc1c[nH]cn1)NC(=O)[C@@H]1CSSC[C@H](NC(=O)[C@H](CCC(=O)O)NC(=O)[C@@H](CCCCN)NC(=O)[C@H](CC(=O)O)NC(C)=O)C(=O)N[C@@H](C(C)C)C(=O)N[C@@H](Cc2ccc(O)cc2)C(=O)N[C@@H](Cc2ccccc2)C(=O)N1)C(=O)N[C@H](C(=O)N[C@@H](Cc1c[nH]c2ccccc12)C(=O)O)[C@@H](C)CC. The molecule has 698 valence electrons. The first-order valence-corrected chi connectivity index (χ1v) is 44.6. The minimum atomic E-state index is -1.97. The van der Waals surface area contributed by atoms with Crippen LogP contribution in [0.5, 0.6) is 5.75 Å². The molecule has 23 N–H and O–H groups in total. The van der Waals surface area contributed by atoms with E-state index in [0.29, 0.717) is 29.5 Å². The van der Waals surface area contributed by atoms with Crippen molar-refractivity contribution in [3.8, 4) is 5.75 Å². The fourth-order valence-electron chi connectivity index (χ4n) is 13.7. The van der Waals surface area contributed by atoms with Crippen molar-refractivity contribution in [2.24, 2.45) is 29.4 Å². The van der Waals surface area contributed by atoms with E-state index in [4.69, 9.17) is 5.73 Å². The maximum absolute atomic E-state index is 15.4. The molecule has 0 unspecified atom stereocenters. The number of hydrogen-bond donors (Lipinski definition) is 22. The van der Waals surface area contributed by atoms with E-state index in [1.54, 1.807) is 116 Å². The van der Waals surface area contributed by atoms with E-state index < -0.39 is 258 Å². The number of aromatic amines is 2. The molecule has 0 saturated carbocycles. The van der Waals surface area contributed by atoms with Crippen LogP contribution in [0, 0.1) is 23.7 Å². The third-order valence-corrected chi connectivity index (χ3v) is 23.6. The van der Waals surface area contributed by atoms with Crippen LogP contribution in [0.1, 0.15) is 149 Å². The number of rotatable bonds is 46. The number of nitrogens with two attached hydrogens (primary N) is 1. The van der Waals surface area contributed by atoms with E-state index in [1.165, 1.54) is 36.8 Å². The summed E-state index contributed by atoms with van der Waals surface area (Å²) in [6.45, 7) is 14.2. The molecule has 0 spiro atoms. The van der Waals surface area contributed by atoms with Crippen molar-refractivity contribution >= 4 is 139 Å². The molecule has 3 heterocycles. The van der Waals surface area contributed by atoms with Gasteiger partial charge in [0, 0.05) is 73.8 Å². The molecule has 41 nitrogen and oxygen atoms in total. The highest BCUT2D eigenvalue weighted by Gasteiger charge is 2.42. The molecule has 0 bridgehead atoms. The number of aromatic hydroxyl groups is 1. The Balaban J connectivity index is 1.36. The summed E-state index contributed by atoms with van der Waals surface area (Å²) in [4.78, 5) is 263. The number of para-hydroxylation sites is 1. The Morgan fingerprint density at radius 3 is 1.59 bits per heavy atom. The first kappa shape index (κ1) is 104. The van der Waals surface area contributed by atoms with Crippen molar-refractivity contribution in [2.45, 2.75) is 237 Å². The maximum atomic E-state index is 15.4. The molecule has 0 radical (unpaired) electrons. The summed E-state index contributed by atoms with van der Waals surface area (Å²) in [5.41, 5.74) is 8.05. The smallest absolute Gasteiger partial charge is 0.326 e. The van der Waals surface area contributed by atoms with Crippen molar-refractivity contribution in [3.63, 3.8) is 0 Å². The molecule has 0 aliphatic carbocycles. The van der Waals surface area contributed by atoms with Crippen molar-refractivity contribution in [1.29, 1.82) is 0 Å². The lowest BCUT2D eigenvalue weighted by atomic mass is 9.94. The van der Waals surface area contributed by atoms with E-state index in [-0.39, 0.29) is 62.9 Å². The second-order valence-corrected chi connectivity index (χ2v) is 34.7. The zero-order valence-electron chi connectivity index (χ0n) is 72.6. The van der Waals surface area contributed by atoms with Gasteiger partial charge in [-0.3, -0.25) is 81.5 Å². The number of hydrogen-bond acceptors (Lipinski definition) is 23. The van der Waals surface area contributed by atoms with Gasteiger partial charge >= 0.3 is 23.9 Å². The van der Waals surface area contributed by atoms with E-state index >= 15 is 24.0 Å². The number of aliphatic carboxylic acids is 4. The topological polar surface area (TPSA) is 647 Å². The zero-order chi connectivity index (χ0) is 94.6. The molecule has 2 aromatic heterocycles. The first-order valence-electron chi connectivity index (χ1n) is 42.1. The van der Waals surface area contributed by atoms with Gasteiger partial charge < -0.3 is 116 Å². The Morgan fingerprint density at radius 2 is 1.02 bits per heavy atom. The van der Waals surface area contributed by atoms with Crippen LogP contribution in [-0.4, -0.2) is 250 Å². The molecule has 5 aromatic rings. The zero-order valence-corrected chi connectivity index (χ0v) is 74.2. The van der Waals surface area contributed by atoms with Gasteiger partial charge in [-0.15, -0.1) is 0 Å². The number of carboxylic acids is 4. The second-order valence-electron chi connectivity index (χ2n) is 32.2. The number of H-pyrrole nitrogens is 2. The number of phenolic OH excluding ortho intramolecular Hbond substituents is 1. The van der Waals surface area contributed by atoms with Gasteiger partial charge in [0.15, 0.2) is 0 Å². The van der Waals surface area contributed by atoms with Crippen molar-refractivity contribution in [1.82, 2.24) is 89.4 Å². The predicted molar refractivity (Wildman–Crippen MR) is 469 cm³/mol.